The smallest absolute Gasteiger partial charge is 0.00116 e. The summed E-state index contributed by atoms with van der Waals surface area (Å²) in [5, 5.41) is 3.06. The Morgan fingerprint density at radius 2 is 2.33 bits per heavy atom. The van der Waals surface area contributed by atoms with Gasteiger partial charge in [-0.15, -0.1) is 0 Å². The SMILES string of the molecule is C=C(/C=C\C)CCNC. The maximum Gasteiger partial charge on any atom is -0.00116 e. The molecule has 0 aliphatic heterocycles. The summed E-state index contributed by atoms with van der Waals surface area (Å²) in [5.41, 5.74) is 1.19. The van der Waals surface area contributed by atoms with Gasteiger partial charge in [-0.3, -0.25) is 0 Å². The zero-order valence-electron chi connectivity index (χ0n) is 6.28. The van der Waals surface area contributed by atoms with E-state index in [1.54, 1.807) is 0 Å². The first-order chi connectivity index (χ1) is 4.31. The van der Waals surface area contributed by atoms with Crippen molar-refractivity contribution in [1.82, 2.24) is 5.32 Å². The van der Waals surface area contributed by atoms with Crippen molar-refractivity contribution in [1.29, 1.82) is 0 Å². The van der Waals surface area contributed by atoms with Crippen LogP contribution in [-0.4, -0.2) is 13.6 Å². The Balaban J connectivity index is 3.27. The molecule has 0 bridgehead atoms. The van der Waals surface area contributed by atoms with E-state index in [4.69, 9.17) is 0 Å². The van der Waals surface area contributed by atoms with Crippen molar-refractivity contribution in [3.8, 4) is 0 Å². The molecule has 0 amide bonds. The highest BCUT2D eigenvalue weighted by Crippen LogP contribution is 1.96. The van der Waals surface area contributed by atoms with Crippen LogP contribution in [0.25, 0.3) is 0 Å². The molecular formula is C8H15N. The molecule has 0 saturated carbocycles. The molecule has 1 N–H and O–H groups in total. The molecule has 0 fully saturated rings. The molecule has 0 rings (SSSR count). The average molecular weight is 125 g/mol. The standard InChI is InChI=1S/C8H15N/c1-4-5-8(2)6-7-9-3/h4-5,9H,2,6-7H2,1,3H3/b5-4-. The van der Waals surface area contributed by atoms with Gasteiger partial charge in [0.15, 0.2) is 0 Å². The van der Waals surface area contributed by atoms with Gasteiger partial charge in [-0.2, -0.15) is 0 Å². The molecule has 9 heavy (non-hydrogen) atoms. The summed E-state index contributed by atoms with van der Waals surface area (Å²) >= 11 is 0. The second kappa shape index (κ2) is 5.57. The van der Waals surface area contributed by atoms with Crippen LogP contribution in [0.3, 0.4) is 0 Å². The van der Waals surface area contributed by atoms with Crippen molar-refractivity contribution in [3.05, 3.63) is 24.3 Å². The van der Waals surface area contributed by atoms with Crippen LogP contribution in [-0.2, 0) is 0 Å². The molecule has 0 aromatic heterocycles. The van der Waals surface area contributed by atoms with Crippen LogP contribution in [0.15, 0.2) is 24.3 Å². The second-order valence-electron chi connectivity index (χ2n) is 2.01. The third-order valence-corrected chi connectivity index (χ3v) is 1.10. The lowest BCUT2D eigenvalue weighted by molar-refractivity contribution is 0.795. The third-order valence-electron chi connectivity index (χ3n) is 1.10. The summed E-state index contributed by atoms with van der Waals surface area (Å²) in [7, 11) is 1.95. The lowest BCUT2D eigenvalue weighted by Crippen LogP contribution is -2.07. The van der Waals surface area contributed by atoms with E-state index < -0.39 is 0 Å². The summed E-state index contributed by atoms with van der Waals surface area (Å²) in [4.78, 5) is 0. The maximum atomic E-state index is 3.86. The fourth-order valence-electron chi connectivity index (χ4n) is 0.605. The first-order valence-corrected chi connectivity index (χ1v) is 3.26. The minimum absolute atomic E-state index is 1.02. The average Bonchev–Trinajstić information content (AvgIpc) is 1.85. The Morgan fingerprint density at radius 3 is 2.78 bits per heavy atom. The topological polar surface area (TPSA) is 12.0 Å². The van der Waals surface area contributed by atoms with E-state index in [9.17, 15) is 0 Å². The van der Waals surface area contributed by atoms with Crippen LogP contribution < -0.4 is 5.32 Å². The predicted octanol–water partition coefficient (Wildman–Crippen LogP) is 1.73. The monoisotopic (exact) mass is 125 g/mol. The molecule has 0 atom stereocenters. The molecule has 52 valence electrons. The molecule has 0 heterocycles. The van der Waals surface area contributed by atoms with E-state index in [1.165, 1.54) is 5.57 Å². The van der Waals surface area contributed by atoms with E-state index in [2.05, 4.69) is 11.9 Å². The highest BCUT2D eigenvalue weighted by atomic mass is 14.8. The Kier molecular flexibility index (Phi) is 5.23. The predicted molar refractivity (Wildman–Crippen MR) is 42.5 cm³/mol. The van der Waals surface area contributed by atoms with Crippen LogP contribution in [0.4, 0.5) is 0 Å². The van der Waals surface area contributed by atoms with Crippen LogP contribution >= 0.6 is 0 Å². The van der Waals surface area contributed by atoms with Gasteiger partial charge < -0.3 is 5.32 Å². The Labute approximate surface area is 57.5 Å². The van der Waals surface area contributed by atoms with Crippen molar-refractivity contribution >= 4 is 0 Å². The summed E-state index contributed by atoms with van der Waals surface area (Å²) in [6.07, 6.45) is 5.09. The Hall–Kier alpha value is -0.560. The fourth-order valence-corrected chi connectivity index (χ4v) is 0.605. The largest absolute Gasteiger partial charge is 0.319 e. The summed E-state index contributed by atoms with van der Waals surface area (Å²) < 4.78 is 0. The van der Waals surface area contributed by atoms with Gasteiger partial charge in [0.05, 0.1) is 0 Å². The normalized spacial score (nSPS) is 10.4. The molecule has 1 nitrogen and oxygen atoms in total. The van der Waals surface area contributed by atoms with Crippen LogP contribution in [0, 0.1) is 0 Å². The van der Waals surface area contributed by atoms with Gasteiger partial charge in [-0.1, -0.05) is 24.3 Å². The number of allylic oxidation sites excluding steroid dienone is 2. The number of rotatable bonds is 4. The Morgan fingerprint density at radius 1 is 1.67 bits per heavy atom. The third kappa shape index (κ3) is 5.31. The van der Waals surface area contributed by atoms with E-state index in [-0.39, 0.29) is 0 Å². The second-order valence-corrected chi connectivity index (χ2v) is 2.01. The summed E-state index contributed by atoms with van der Waals surface area (Å²) in [6.45, 7) is 6.88. The van der Waals surface area contributed by atoms with Crippen LogP contribution in [0.2, 0.25) is 0 Å². The quantitative estimate of drug-likeness (QED) is 0.564. The molecule has 0 aliphatic rings. The lowest BCUT2D eigenvalue weighted by Gasteiger charge is -1.96. The summed E-state index contributed by atoms with van der Waals surface area (Å²) in [6, 6.07) is 0. The first-order valence-electron chi connectivity index (χ1n) is 3.26. The minimum atomic E-state index is 1.02. The van der Waals surface area contributed by atoms with Gasteiger partial charge in [-0.25, -0.2) is 0 Å². The van der Waals surface area contributed by atoms with E-state index in [1.807, 2.05) is 26.1 Å². The van der Waals surface area contributed by atoms with Crippen molar-refractivity contribution < 1.29 is 0 Å². The number of hydrogen-bond acceptors (Lipinski definition) is 1. The van der Waals surface area contributed by atoms with Crippen molar-refractivity contribution in [2.24, 2.45) is 0 Å². The fraction of sp³-hybridized carbons (Fsp3) is 0.500. The number of hydrogen-bond donors (Lipinski definition) is 1. The lowest BCUT2D eigenvalue weighted by atomic mass is 10.2. The summed E-state index contributed by atoms with van der Waals surface area (Å²) in [5.74, 6) is 0. The van der Waals surface area contributed by atoms with E-state index >= 15 is 0 Å². The molecule has 0 spiro atoms. The zero-order valence-corrected chi connectivity index (χ0v) is 6.28. The highest BCUT2D eigenvalue weighted by molar-refractivity contribution is 5.13. The molecule has 0 aliphatic carbocycles. The van der Waals surface area contributed by atoms with Gasteiger partial charge in [-0.05, 0) is 26.9 Å². The van der Waals surface area contributed by atoms with E-state index in [0.29, 0.717) is 0 Å². The van der Waals surface area contributed by atoms with Gasteiger partial charge >= 0.3 is 0 Å². The van der Waals surface area contributed by atoms with E-state index in [0.717, 1.165) is 13.0 Å². The van der Waals surface area contributed by atoms with Crippen molar-refractivity contribution in [2.45, 2.75) is 13.3 Å². The van der Waals surface area contributed by atoms with Crippen LogP contribution in [0.5, 0.6) is 0 Å². The van der Waals surface area contributed by atoms with Gasteiger partial charge in [0, 0.05) is 0 Å². The van der Waals surface area contributed by atoms with Gasteiger partial charge in [0.2, 0.25) is 0 Å². The minimum Gasteiger partial charge on any atom is -0.319 e. The molecular weight excluding hydrogens is 110 g/mol. The van der Waals surface area contributed by atoms with Crippen molar-refractivity contribution in [3.63, 3.8) is 0 Å². The molecule has 0 aromatic carbocycles. The maximum absolute atomic E-state index is 3.86. The molecule has 1 heteroatoms. The Bertz CT molecular complexity index is 103. The van der Waals surface area contributed by atoms with Crippen LogP contribution in [0.1, 0.15) is 13.3 Å². The van der Waals surface area contributed by atoms with Gasteiger partial charge in [0.25, 0.3) is 0 Å². The molecule has 0 saturated heterocycles. The molecule has 0 radical (unpaired) electrons. The number of nitrogens with one attached hydrogen (secondary N) is 1. The molecule has 0 unspecified atom stereocenters. The van der Waals surface area contributed by atoms with Gasteiger partial charge in [0.1, 0.15) is 0 Å². The van der Waals surface area contributed by atoms with Crippen molar-refractivity contribution in [2.75, 3.05) is 13.6 Å². The highest BCUT2D eigenvalue weighted by Gasteiger charge is 1.84. The zero-order chi connectivity index (χ0) is 7.11. The first kappa shape index (κ1) is 8.44. The molecule has 0 aromatic rings.